The van der Waals surface area contributed by atoms with Crippen molar-refractivity contribution < 1.29 is 29.9 Å². The predicted molar refractivity (Wildman–Crippen MR) is 69.9 cm³/mol. The molecular formula is C14H20O6. The molecule has 1 fully saturated rings. The molecular weight excluding hydrogens is 264 g/mol. The third-order valence-electron chi connectivity index (χ3n) is 3.36. The van der Waals surface area contributed by atoms with Crippen LogP contribution < -0.4 is 0 Å². The molecule has 1 heterocycles. The molecule has 1 aromatic carbocycles. The summed E-state index contributed by atoms with van der Waals surface area (Å²) in [6.45, 7) is -0.157. The normalized spacial score (nSPS) is 34.1. The summed E-state index contributed by atoms with van der Waals surface area (Å²) in [4.78, 5) is 0. The highest BCUT2D eigenvalue weighted by atomic mass is 16.7. The van der Waals surface area contributed by atoms with E-state index in [-0.39, 0.29) is 0 Å². The molecule has 4 N–H and O–H groups in total. The van der Waals surface area contributed by atoms with E-state index in [2.05, 4.69) is 0 Å². The van der Waals surface area contributed by atoms with E-state index in [9.17, 15) is 15.3 Å². The number of hydrogen-bond acceptors (Lipinski definition) is 6. The monoisotopic (exact) mass is 284 g/mol. The van der Waals surface area contributed by atoms with Gasteiger partial charge in [0.1, 0.15) is 24.4 Å². The molecule has 0 unspecified atom stereocenters. The summed E-state index contributed by atoms with van der Waals surface area (Å²) in [5, 5.41) is 38.1. The topological polar surface area (TPSA) is 99.4 Å². The Kier molecular flexibility index (Phi) is 5.47. The van der Waals surface area contributed by atoms with Crippen molar-refractivity contribution in [3.63, 3.8) is 0 Å². The highest BCUT2D eigenvalue weighted by molar-refractivity contribution is 5.14. The molecule has 0 bridgehead atoms. The van der Waals surface area contributed by atoms with Gasteiger partial charge in [-0.2, -0.15) is 0 Å². The summed E-state index contributed by atoms with van der Waals surface area (Å²) >= 11 is 0. The summed E-state index contributed by atoms with van der Waals surface area (Å²) in [5.74, 6) is 0. The average molecular weight is 284 g/mol. The standard InChI is InChI=1S/C14H20O6/c15-8-10-11(16)12(17)13(18)14(20-10)19-7-6-9-4-2-1-3-5-9/h1-5,10-18H,6-8H2/t10-,11+,12-,13-,14-/m1/s1. The molecule has 6 heteroatoms. The quantitative estimate of drug-likeness (QED) is 0.556. The van der Waals surface area contributed by atoms with Crippen LogP contribution in [0.1, 0.15) is 5.56 Å². The Labute approximate surface area is 117 Å². The van der Waals surface area contributed by atoms with Crippen molar-refractivity contribution in [1.29, 1.82) is 0 Å². The van der Waals surface area contributed by atoms with Gasteiger partial charge in [0.15, 0.2) is 6.29 Å². The van der Waals surface area contributed by atoms with E-state index in [0.717, 1.165) is 5.56 Å². The molecule has 2 rings (SSSR count). The maximum atomic E-state index is 9.78. The molecule has 0 saturated carbocycles. The maximum Gasteiger partial charge on any atom is 0.186 e. The molecule has 1 aliphatic heterocycles. The highest BCUT2D eigenvalue weighted by Crippen LogP contribution is 2.22. The zero-order chi connectivity index (χ0) is 14.5. The number of aliphatic hydroxyl groups is 4. The molecule has 1 aromatic rings. The first-order valence-electron chi connectivity index (χ1n) is 6.59. The van der Waals surface area contributed by atoms with E-state index in [4.69, 9.17) is 14.6 Å². The predicted octanol–water partition coefficient (Wildman–Crippen LogP) is -0.954. The fraction of sp³-hybridized carbons (Fsp3) is 0.571. The van der Waals surface area contributed by atoms with Gasteiger partial charge in [-0.1, -0.05) is 30.3 Å². The second kappa shape index (κ2) is 7.12. The molecule has 1 aliphatic rings. The first-order valence-corrected chi connectivity index (χ1v) is 6.59. The van der Waals surface area contributed by atoms with Crippen molar-refractivity contribution in [1.82, 2.24) is 0 Å². The lowest BCUT2D eigenvalue weighted by Gasteiger charge is -2.39. The van der Waals surface area contributed by atoms with Gasteiger partial charge in [-0.25, -0.2) is 0 Å². The van der Waals surface area contributed by atoms with Crippen LogP contribution in [0.15, 0.2) is 30.3 Å². The fourth-order valence-electron chi connectivity index (χ4n) is 2.14. The van der Waals surface area contributed by atoms with Gasteiger partial charge in [0.2, 0.25) is 0 Å². The lowest BCUT2D eigenvalue weighted by molar-refractivity contribution is -0.300. The first-order chi connectivity index (χ1) is 9.63. The minimum atomic E-state index is -1.40. The van der Waals surface area contributed by atoms with E-state index >= 15 is 0 Å². The molecule has 6 nitrogen and oxygen atoms in total. The Bertz CT molecular complexity index is 396. The third kappa shape index (κ3) is 3.54. The smallest absolute Gasteiger partial charge is 0.186 e. The Morgan fingerprint density at radius 3 is 2.35 bits per heavy atom. The van der Waals surface area contributed by atoms with E-state index in [1.165, 1.54) is 0 Å². The van der Waals surface area contributed by atoms with Crippen molar-refractivity contribution in [2.45, 2.75) is 37.1 Å². The van der Waals surface area contributed by atoms with Gasteiger partial charge in [-0.05, 0) is 12.0 Å². The van der Waals surface area contributed by atoms with Crippen LogP contribution in [-0.2, 0) is 15.9 Å². The summed E-state index contributed by atoms with van der Waals surface area (Å²) < 4.78 is 10.6. The second-order valence-electron chi connectivity index (χ2n) is 4.80. The summed E-state index contributed by atoms with van der Waals surface area (Å²) in [7, 11) is 0. The second-order valence-corrected chi connectivity index (χ2v) is 4.80. The van der Waals surface area contributed by atoms with Crippen LogP contribution in [0.4, 0.5) is 0 Å². The van der Waals surface area contributed by atoms with Gasteiger partial charge in [-0.3, -0.25) is 0 Å². The summed E-state index contributed by atoms with van der Waals surface area (Å²) in [6.07, 6.45) is -5.46. The van der Waals surface area contributed by atoms with E-state index in [1.54, 1.807) is 0 Å². The van der Waals surface area contributed by atoms with Crippen LogP contribution in [0.3, 0.4) is 0 Å². The average Bonchev–Trinajstić information content (AvgIpc) is 2.48. The molecule has 0 aromatic heterocycles. The van der Waals surface area contributed by atoms with Crippen LogP contribution in [0, 0.1) is 0 Å². The molecule has 112 valence electrons. The van der Waals surface area contributed by atoms with Crippen molar-refractivity contribution in [2.75, 3.05) is 13.2 Å². The first kappa shape index (κ1) is 15.4. The van der Waals surface area contributed by atoms with Gasteiger partial charge in [-0.15, -0.1) is 0 Å². The summed E-state index contributed by atoms with van der Waals surface area (Å²) in [5.41, 5.74) is 1.08. The molecule has 0 aliphatic carbocycles. The van der Waals surface area contributed by atoms with E-state index < -0.39 is 37.3 Å². The minimum absolute atomic E-state index is 0.298. The van der Waals surface area contributed by atoms with Crippen LogP contribution in [0.25, 0.3) is 0 Å². The summed E-state index contributed by atoms with van der Waals surface area (Å²) in [6, 6.07) is 9.67. The minimum Gasteiger partial charge on any atom is -0.394 e. The fourth-order valence-corrected chi connectivity index (χ4v) is 2.14. The van der Waals surface area contributed by atoms with Gasteiger partial charge in [0.05, 0.1) is 13.2 Å². The van der Waals surface area contributed by atoms with E-state index in [0.29, 0.717) is 13.0 Å². The Morgan fingerprint density at radius 2 is 1.70 bits per heavy atom. The van der Waals surface area contributed by atoms with Crippen LogP contribution in [0.2, 0.25) is 0 Å². The lowest BCUT2D eigenvalue weighted by Crippen LogP contribution is -2.59. The number of aliphatic hydroxyl groups excluding tert-OH is 4. The van der Waals surface area contributed by atoms with Gasteiger partial charge in [0, 0.05) is 0 Å². The largest absolute Gasteiger partial charge is 0.394 e. The Balaban J connectivity index is 1.85. The maximum absolute atomic E-state index is 9.78. The Hall–Kier alpha value is -1.02. The van der Waals surface area contributed by atoms with Crippen molar-refractivity contribution in [3.05, 3.63) is 35.9 Å². The van der Waals surface area contributed by atoms with Crippen LogP contribution in [-0.4, -0.2) is 64.3 Å². The van der Waals surface area contributed by atoms with Gasteiger partial charge >= 0.3 is 0 Å². The SMILES string of the molecule is OC[C@H]1O[C@@H](OCCc2ccccc2)[C@H](O)[C@H](O)[C@H]1O. The van der Waals surface area contributed by atoms with Crippen molar-refractivity contribution >= 4 is 0 Å². The zero-order valence-electron chi connectivity index (χ0n) is 11.0. The van der Waals surface area contributed by atoms with Crippen LogP contribution >= 0.6 is 0 Å². The number of ether oxygens (including phenoxy) is 2. The van der Waals surface area contributed by atoms with Gasteiger partial charge < -0.3 is 29.9 Å². The Morgan fingerprint density at radius 1 is 1.00 bits per heavy atom. The van der Waals surface area contributed by atoms with Crippen LogP contribution in [0.5, 0.6) is 0 Å². The molecule has 0 radical (unpaired) electrons. The van der Waals surface area contributed by atoms with E-state index in [1.807, 2.05) is 30.3 Å². The van der Waals surface area contributed by atoms with Crippen molar-refractivity contribution in [2.24, 2.45) is 0 Å². The molecule has 20 heavy (non-hydrogen) atoms. The molecule has 0 spiro atoms. The van der Waals surface area contributed by atoms with Crippen molar-refractivity contribution in [3.8, 4) is 0 Å². The molecule has 5 atom stereocenters. The third-order valence-corrected chi connectivity index (χ3v) is 3.36. The van der Waals surface area contributed by atoms with Gasteiger partial charge in [0.25, 0.3) is 0 Å². The number of rotatable bonds is 5. The zero-order valence-corrected chi connectivity index (χ0v) is 11.0. The molecule has 0 amide bonds. The molecule has 1 saturated heterocycles. The highest BCUT2D eigenvalue weighted by Gasteiger charge is 2.43. The lowest BCUT2D eigenvalue weighted by atomic mass is 9.99. The number of benzene rings is 1. The number of hydrogen-bond donors (Lipinski definition) is 4.